The van der Waals surface area contributed by atoms with Gasteiger partial charge < -0.3 is 14.6 Å². The molecule has 0 fully saturated rings. The summed E-state index contributed by atoms with van der Waals surface area (Å²) in [4.78, 5) is 0. The van der Waals surface area contributed by atoms with Crippen molar-refractivity contribution >= 4 is 23.2 Å². The topological polar surface area (TPSA) is 38.7 Å². The first-order valence-electron chi connectivity index (χ1n) is 7.40. The quantitative estimate of drug-likeness (QED) is 0.585. The molecule has 0 spiro atoms. The molecular weight excluding hydrogens is 380 g/mol. The van der Waals surface area contributed by atoms with E-state index in [1.807, 2.05) is 0 Å². The number of rotatable bonds is 7. The maximum absolute atomic E-state index is 12.2. The van der Waals surface area contributed by atoms with Gasteiger partial charge in [-0.05, 0) is 37.0 Å². The molecule has 0 unspecified atom stereocenters. The van der Waals surface area contributed by atoms with E-state index in [4.69, 9.17) is 27.9 Å². The zero-order chi connectivity index (χ0) is 18.4. The van der Waals surface area contributed by atoms with Crippen molar-refractivity contribution in [2.24, 2.45) is 0 Å². The number of ether oxygens (including phenoxy) is 2. The van der Waals surface area contributed by atoms with Gasteiger partial charge in [-0.15, -0.1) is 13.2 Å². The van der Waals surface area contributed by atoms with Crippen molar-refractivity contribution in [3.05, 3.63) is 52.0 Å². The van der Waals surface area contributed by atoms with Crippen molar-refractivity contribution in [1.82, 2.24) is 0 Å². The van der Waals surface area contributed by atoms with E-state index < -0.39 is 6.36 Å². The molecule has 2 aromatic rings. The molecule has 0 aromatic heterocycles. The number of aryl methyl sites for hydroxylation is 1. The SMILES string of the molecule is Oc1cc(Cl)c(OCCCCc2cccc(OC(F)(F)F)c2)c(Cl)c1. The third kappa shape index (κ3) is 6.55. The predicted molar refractivity (Wildman–Crippen MR) is 89.7 cm³/mol. The standard InChI is InChI=1S/C17H15Cl2F3O3/c18-14-9-12(23)10-15(19)16(14)24-7-2-1-4-11-5-3-6-13(8-11)25-17(20,21)22/h3,5-6,8-10,23H,1-2,4,7H2. The molecule has 2 aromatic carbocycles. The van der Waals surface area contributed by atoms with Crippen LogP contribution in [0, 0.1) is 0 Å². The van der Waals surface area contributed by atoms with Gasteiger partial charge in [-0.1, -0.05) is 35.3 Å². The molecule has 0 amide bonds. The minimum absolute atomic E-state index is 0.0525. The van der Waals surface area contributed by atoms with Crippen molar-refractivity contribution in [1.29, 1.82) is 0 Å². The molecule has 0 aliphatic rings. The molecule has 0 atom stereocenters. The highest BCUT2D eigenvalue weighted by Gasteiger charge is 2.31. The van der Waals surface area contributed by atoms with Gasteiger partial charge in [0.05, 0.1) is 16.7 Å². The number of hydrogen-bond acceptors (Lipinski definition) is 3. The Bertz CT molecular complexity index is 698. The highest BCUT2D eigenvalue weighted by atomic mass is 35.5. The summed E-state index contributed by atoms with van der Waals surface area (Å²) in [6.07, 6.45) is -2.77. The second-order valence-electron chi connectivity index (χ2n) is 5.24. The minimum Gasteiger partial charge on any atom is -0.508 e. The van der Waals surface area contributed by atoms with Gasteiger partial charge in [0.25, 0.3) is 0 Å². The first-order valence-corrected chi connectivity index (χ1v) is 8.16. The van der Waals surface area contributed by atoms with Crippen LogP contribution >= 0.6 is 23.2 Å². The van der Waals surface area contributed by atoms with Crippen LogP contribution in [0.1, 0.15) is 18.4 Å². The maximum Gasteiger partial charge on any atom is 0.573 e. The predicted octanol–water partition coefficient (Wildman–Crippen LogP) is 6.00. The number of unbranched alkanes of at least 4 members (excludes halogenated alkanes) is 1. The van der Waals surface area contributed by atoms with Gasteiger partial charge in [0, 0.05) is 12.1 Å². The fourth-order valence-electron chi connectivity index (χ4n) is 2.19. The molecule has 3 nitrogen and oxygen atoms in total. The Balaban J connectivity index is 1.79. The summed E-state index contributed by atoms with van der Waals surface area (Å²) in [6, 6.07) is 8.53. The Hall–Kier alpha value is -1.79. The lowest BCUT2D eigenvalue weighted by Crippen LogP contribution is -2.17. The Labute approximate surface area is 152 Å². The van der Waals surface area contributed by atoms with Crippen LogP contribution < -0.4 is 9.47 Å². The Morgan fingerprint density at radius 1 is 1.00 bits per heavy atom. The smallest absolute Gasteiger partial charge is 0.508 e. The van der Waals surface area contributed by atoms with E-state index in [1.54, 1.807) is 6.07 Å². The number of alkyl halides is 3. The molecule has 0 bridgehead atoms. The van der Waals surface area contributed by atoms with Crippen LogP contribution in [0.25, 0.3) is 0 Å². The second kappa shape index (κ2) is 8.54. The molecule has 136 valence electrons. The molecule has 0 radical (unpaired) electrons. The number of benzene rings is 2. The van der Waals surface area contributed by atoms with E-state index in [0.29, 0.717) is 31.6 Å². The van der Waals surface area contributed by atoms with Crippen LogP contribution in [-0.4, -0.2) is 18.1 Å². The molecular formula is C17H15Cl2F3O3. The number of phenolic OH excluding ortho intramolecular Hbond substituents is 1. The van der Waals surface area contributed by atoms with E-state index in [-0.39, 0.29) is 21.5 Å². The Morgan fingerprint density at radius 3 is 2.32 bits per heavy atom. The second-order valence-corrected chi connectivity index (χ2v) is 6.05. The maximum atomic E-state index is 12.2. The van der Waals surface area contributed by atoms with E-state index in [1.165, 1.54) is 30.3 Å². The lowest BCUT2D eigenvalue weighted by atomic mass is 10.1. The zero-order valence-electron chi connectivity index (χ0n) is 12.9. The van der Waals surface area contributed by atoms with E-state index in [9.17, 15) is 18.3 Å². The lowest BCUT2D eigenvalue weighted by Gasteiger charge is -2.11. The third-order valence-corrected chi connectivity index (χ3v) is 3.78. The summed E-state index contributed by atoms with van der Waals surface area (Å²) in [5.41, 5.74) is 0.738. The van der Waals surface area contributed by atoms with Gasteiger partial charge in [-0.3, -0.25) is 0 Å². The third-order valence-electron chi connectivity index (χ3n) is 3.22. The van der Waals surface area contributed by atoms with Crippen molar-refractivity contribution < 1.29 is 27.8 Å². The van der Waals surface area contributed by atoms with Gasteiger partial charge in [0.2, 0.25) is 0 Å². The Morgan fingerprint density at radius 2 is 1.68 bits per heavy atom. The van der Waals surface area contributed by atoms with Crippen molar-refractivity contribution in [3.8, 4) is 17.2 Å². The summed E-state index contributed by atoms with van der Waals surface area (Å²) in [5, 5.41) is 9.76. The zero-order valence-corrected chi connectivity index (χ0v) is 14.5. The Kier molecular flexibility index (Phi) is 6.67. The van der Waals surface area contributed by atoms with E-state index in [0.717, 1.165) is 5.56 Å². The number of halogens is 5. The van der Waals surface area contributed by atoms with E-state index >= 15 is 0 Å². The normalized spacial score (nSPS) is 11.4. The number of hydrogen-bond donors (Lipinski definition) is 1. The highest BCUT2D eigenvalue weighted by Crippen LogP contribution is 2.36. The van der Waals surface area contributed by atoms with Crippen LogP contribution in [0.15, 0.2) is 36.4 Å². The van der Waals surface area contributed by atoms with Crippen molar-refractivity contribution in [3.63, 3.8) is 0 Å². The molecule has 0 aliphatic carbocycles. The van der Waals surface area contributed by atoms with Gasteiger partial charge in [-0.25, -0.2) is 0 Å². The van der Waals surface area contributed by atoms with Gasteiger partial charge in [0.1, 0.15) is 11.5 Å². The molecule has 25 heavy (non-hydrogen) atoms. The van der Waals surface area contributed by atoms with Crippen molar-refractivity contribution in [2.75, 3.05) is 6.61 Å². The van der Waals surface area contributed by atoms with Crippen LogP contribution in [-0.2, 0) is 6.42 Å². The molecule has 0 saturated carbocycles. The number of phenols is 1. The van der Waals surface area contributed by atoms with Gasteiger partial charge in [-0.2, -0.15) is 0 Å². The van der Waals surface area contributed by atoms with Gasteiger partial charge in [0.15, 0.2) is 5.75 Å². The minimum atomic E-state index is -4.70. The molecule has 8 heteroatoms. The molecule has 0 saturated heterocycles. The van der Waals surface area contributed by atoms with Crippen molar-refractivity contribution in [2.45, 2.75) is 25.6 Å². The summed E-state index contributed by atoms with van der Waals surface area (Å²) in [7, 11) is 0. The molecule has 1 N–H and O–H groups in total. The van der Waals surface area contributed by atoms with Crippen LogP contribution in [0.3, 0.4) is 0 Å². The van der Waals surface area contributed by atoms with Crippen LogP contribution in [0.4, 0.5) is 13.2 Å². The summed E-state index contributed by atoms with van der Waals surface area (Å²) in [6.45, 7) is 0.336. The fourth-order valence-corrected chi connectivity index (χ4v) is 2.77. The largest absolute Gasteiger partial charge is 0.573 e. The monoisotopic (exact) mass is 394 g/mol. The fraction of sp³-hybridized carbons (Fsp3) is 0.294. The average molecular weight is 395 g/mol. The lowest BCUT2D eigenvalue weighted by molar-refractivity contribution is -0.274. The summed E-state index contributed by atoms with van der Waals surface area (Å²) in [5.74, 6) is 0.00826. The molecule has 0 heterocycles. The van der Waals surface area contributed by atoms with Gasteiger partial charge >= 0.3 is 6.36 Å². The average Bonchev–Trinajstić information content (AvgIpc) is 2.47. The van der Waals surface area contributed by atoms with Crippen LogP contribution in [0.5, 0.6) is 17.2 Å². The first kappa shape index (κ1) is 19.5. The van der Waals surface area contributed by atoms with Crippen LogP contribution in [0.2, 0.25) is 10.0 Å². The summed E-state index contributed by atoms with van der Waals surface area (Å²) < 4.78 is 46.0. The number of aromatic hydroxyl groups is 1. The molecule has 2 rings (SSSR count). The molecule has 0 aliphatic heterocycles. The highest BCUT2D eigenvalue weighted by molar-refractivity contribution is 6.37. The summed E-state index contributed by atoms with van der Waals surface area (Å²) >= 11 is 11.9. The van der Waals surface area contributed by atoms with E-state index in [2.05, 4.69) is 4.74 Å². The first-order chi connectivity index (χ1) is 11.7.